The average Bonchev–Trinajstić information content (AvgIpc) is 2.06. The van der Waals surface area contributed by atoms with Crippen molar-refractivity contribution in [1.82, 2.24) is 0 Å². The standard InChI is InChI=1S/C9H10Cl2O/c1-12-6-7-2-4-8(5-3-7)9(10)11/h2-5,9H,6H2,1H3. The molecule has 1 aromatic carbocycles. The summed E-state index contributed by atoms with van der Waals surface area (Å²) in [6, 6.07) is 7.71. The molecule has 0 aliphatic carbocycles. The molecule has 0 atom stereocenters. The van der Waals surface area contributed by atoms with Crippen molar-refractivity contribution in [1.29, 1.82) is 0 Å². The van der Waals surface area contributed by atoms with Gasteiger partial charge in [0.2, 0.25) is 0 Å². The van der Waals surface area contributed by atoms with Crippen LogP contribution in [0.2, 0.25) is 0 Å². The smallest absolute Gasteiger partial charge is 0.132 e. The minimum atomic E-state index is -0.443. The predicted molar refractivity (Wildman–Crippen MR) is 51.6 cm³/mol. The van der Waals surface area contributed by atoms with E-state index in [2.05, 4.69) is 0 Å². The first-order valence-electron chi connectivity index (χ1n) is 3.60. The van der Waals surface area contributed by atoms with Crippen LogP contribution in [-0.2, 0) is 11.3 Å². The summed E-state index contributed by atoms with van der Waals surface area (Å²) in [7, 11) is 1.67. The summed E-state index contributed by atoms with van der Waals surface area (Å²) in [5.41, 5.74) is 2.04. The van der Waals surface area contributed by atoms with Gasteiger partial charge in [-0.1, -0.05) is 24.3 Å². The topological polar surface area (TPSA) is 9.23 Å². The molecule has 0 bridgehead atoms. The van der Waals surface area contributed by atoms with Gasteiger partial charge in [-0.05, 0) is 11.1 Å². The van der Waals surface area contributed by atoms with Crippen LogP contribution >= 0.6 is 23.2 Å². The number of benzene rings is 1. The fourth-order valence-corrected chi connectivity index (χ4v) is 1.22. The van der Waals surface area contributed by atoms with Crippen molar-refractivity contribution in [3.8, 4) is 0 Å². The van der Waals surface area contributed by atoms with Crippen LogP contribution in [0.4, 0.5) is 0 Å². The van der Waals surface area contributed by atoms with Crippen molar-refractivity contribution in [3.05, 3.63) is 35.4 Å². The second kappa shape index (κ2) is 4.70. The van der Waals surface area contributed by atoms with Crippen LogP contribution in [0.25, 0.3) is 0 Å². The number of rotatable bonds is 3. The Balaban J connectivity index is 2.71. The van der Waals surface area contributed by atoms with Gasteiger partial charge in [-0.25, -0.2) is 0 Å². The SMILES string of the molecule is COCc1ccc(C(Cl)Cl)cc1. The molecule has 1 aromatic rings. The van der Waals surface area contributed by atoms with E-state index in [1.54, 1.807) is 7.11 Å². The number of methoxy groups -OCH3 is 1. The number of halogens is 2. The van der Waals surface area contributed by atoms with Crippen LogP contribution in [0, 0.1) is 0 Å². The highest BCUT2D eigenvalue weighted by Gasteiger charge is 2.01. The Hall–Kier alpha value is -0.240. The van der Waals surface area contributed by atoms with Gasteiger partial charge in [0.25, 0.3) is 0 Å². The second-order valence-corrected chi connectivity index (χ2v) is 3.57. The molecular formula is C9H10Cl2O. The Kier molecular flexibility index (Phi) is 3.86. The van der Waals surface area contributed by atoms with E-state index < -0.39 is 4.84 Å². The monoisotopic (exact) mass is 204 g/mol. The molecule has 12 heavy (non-hydrogen) atoms. The van der Waals surface area contributed by atoms with E-state index in [4.69, 9.17) is 27.9 Å². The highest BCUT2D eigenvalue weighted by atomic mass is 35.5. The third-order valence-electron chi connectivity index (χ3n) is 1.54. The van der Waals surface area contributed by atoms with Gasteiger partial charge in [-0.15, -0.1) is 23.2 Å². The molecule has 0 aliphatic heterocycles. The molecule has 0 unspecified atom stereocenters. The largest absolute Gasteiger partial charge is 0.380 e. The Morgan fingerprint density at radius 3 is 2.25 bits per heavy atom. The molecule has 0 spiro atoms. The van der Waals surface area contributed by atoms with Crippen LogP contribution in [0.1, 0.15) is 16.0 Å². The van der Waals surface area contributed by atoms with Gasteiger partial charge in [0.15, 0.2) is 0 Å². The molecule has 0 aromatic heterocycles. The minimum Gasteiger partial charge on any atom is -0.380 e. The second-order valence-electron chi connectivity index (χ2n) is 2.48. The molecule has 0 heterocycles. The maximum atomic E-state index is 5.67. The Bertz CT molecular complexity index is 231. The third-order valence-corrected chi connectivity index (χ3v) is 2.05. The van der Waals surface area contributed by atoms with Crippen LogP contribution < -0.4 is 0 Å². The fraction of sp³-hybridized carbons (Fsp3) is 0.333. The van der Waals surface area contributed by atoms with Gasteiger partial charge in [-0.2, -0.15) is 0 Å². The lowest BCUT2D eigenvalue weighted by atomic mass is 10.2. The molecule has 1 rings (SSSR count). The molecule has 1 nitrogen and oxygen atoms in total. The zero-order valence-corrected chi connectivity index (χ0v) is 8.27. The number of hydrogen-bond donors (Lipinski definition) is 0. The first kappa shape index (κ1) is 9.85. The van der Waals surface area contributed by atoms with Gasteiger partial charge in [0.1, 0.15) is 4.84 Å². The van der Waals surface area contributed by atoms with Crippen molar-refractivity contribution >= 4 is 23.2 Å². The van der Waals surface area contributed by atoms with Gasteiger partial charge in [-0.3, -0.25) is 0 Å². The molecule has 0 saturated carbocycles. The van der Waals surface area contributed by atoms with Crippen molar-refractivity contribution in [3.63, 3.8) is 0 Å². The van der Waals surface area contributed by atoms with E-state index in [0.717, 1.165) is 11.1 Å². The molecular weight excluding hydrogens is 195 g/mol. The van der Waals surface area contributed by atoms with E-state index in [9.17, 15) is 0 Å². The lowest BCUT2D eigenvalue weighted by molar-refractivity contribution is 0.185. The van der Waals surface area contributed by atoms with E-state index in [1.165, 1.54) is 0 Å². The van der Waals surface area contributed by atoms with Gasteiger partial charge < -0.3 is 4.74 Å². The molecule has 0 radical (unpaired) electrons. The first-order chi connectivity index (χ1) is 5.74. The quantitative estimate of drug-likeness (QED) is 0.687. The normalized spacial score (nSPS) is 10.7. The highest BCUT2D eigenvalue weighted by molar-refractivity contribution is 6.44. The fourth-order valence-electron chi connectivity index (χ4n) is 0.926. The van der Waals surface area contributed by atoms with Gasteiger partial charge >= 0.3 is 0 Å². The van der Waals surface area contributed by atoms with Crippen molar-refractivity contribution in [2.45, 2.75) is 11.4 Å². The number of alkyl halides is 2. The van der Waals surface area contributed by atoms with Crippen molar-refractivity contribution in [2.75, 3.05) is 7.11 Å². The molecule has 0 aliphatic rings. The van der Waals surface area contributed by atoms with E-state index >= 15 is 0 Å². The molecule has 66 valence electrons. The Morgan fingerprint density at radius 2 is 1.83 bits per heavy atom. The van der Waals surface area contributed by atoms with Crippen LogP contribution in [0.5, 0.6) is 0 Å². The maximum Gasteiger partial charge on any atom is 0.132 e. The van der Waals surface area contributed by atoms with Crippen molar-refractivity contribution < 1.29 is 4.74 Å². The summed E-state index contributed by atoms with van der Waals surface area (Å²) in [5.74, 6) is 0. The summed E-state index contributed by atoms with van der Waals surface area (Å²) >= 11 is 11.3. The molecule has 0 saturated heterocycles. The first-order valence-corrected chi connectivity index (χ1v) is 4.47. The summed E-state index contributed by atoms with van der Waals surface area (Å²) in [6.45, 7) is 0.621. The Labute approximate surface area is 82.2 Å². The lowest BCUT2D eigenvalue weighted by Gasteiger charge is -2.03. The zero-order chi connectivity index (χ0) is 8.97. The lowest BCUT2D eigenvalue weighted by Crippen LogP contribution is -1.88. The van der Waals surface area contributed by atoms with Gasteiger partial charge in [0, 0.05) is 7.11 Å². The maximum absolute atomic E-state index is 5.67. The van der Waals surface area contributed by atoms with Crippen LogP contribution in [0.3, 0.4) is 0 Å². The molecule has 0 N–H and O–H groups in total. The highest BCUT2D eigenvalue weighted by Crippen LogP contribution is 2.24. The third kappa shape index (κ3) is 2.67. The minimum absolute atomic E-state index is 0.443. The Morgan fingerprint density at radius 1 is 1.25 bits per heavy atom. The zero-order valence-electron chi connectivity index (χ0n) is 6.76. The van der Waals surface area contributed by atoms with E-state index in [-0.39, 0.29) is 0 Å². The number of hydrogen-bond acceptors (Lipinski definition) is 1. The van der Waals surface area contributed by atoms with E-state index in [1.807, 2.05) is 24.3 Å². The molecule has 3 heteroatoms. The average molecular weight is 205 g/mol. The summed E-state index contributed by atoms with van der Waals surface area (Å²) in [6.07, 6.45) is 0. The van der Waals surface area contributed by atoms with E-state index in [0.29, 0.717) is 6.61 Å². The van der Waals surface area contributed by atoms with Gasteiger partial charge in [0.05, 0.1) is 6.61 Å². The molecule has 0 fully saturated rings. The number of ether oxygens (including phenoxy) is 1. The van der Waals surface area contributed by atoms with Crippen LogP contribution in [0.15, 0.2) is 24.3 Å². The summed E-state index contributed by atoms with van der Waals surface area (Å²) in [4.78, 5) is -0.443. The molecule has 0 amide bonds. The summed E-state index contributed by atoms with van der Waals surface area (Å²) in [5, 5.41) is 0. The van der Waals surface area contributed by atoms with Crippen LogP contribution in [-0.4, -0.2) is 7.11 Å². The predicted octanol–water partition coefficient (Wildman–Crippen LogP) is 3.31. The summed E-state index contributed by atoms with van der Waals surface area (Å²) < 4.78 is 4.96. The van der Waals surface area contributed by atoms with Crippen molar-refractivity contribution in [2.24, 2.45) is 0 Å².